The lowest BCUT2D eigenvalue weighted by Gasteiger charge is -2.27. The van der Waals surface area contributed by atoms with Gasteiger partial charge in [0.2, 0.25) is 5.78 Å². The van der Waals surface area contributed by atoms with E-state index in [4.69, 9.17) is 9.47 Å². The number of ether oxygens (including phenoxy) is 2. The van der Waals surface area contributed by atoms with Gasteiger partial charge in [0.1, 0.15) is 18.7 Å². The predicted molar refractivity (Wildman–Crippen MR) is 150 cm³/mol. The molecule has 3 N–H and O–H groups in total. The third kappa shape index (κ3) is 8.39. The van der Waals surface area contributed by atoms with Crippen LogP contribution in [0.5, 0.6) is 0 Å². The topological polar surface area (TPSA) is 98.3 Å². The minimum Gasteiger partial charge on any atom is -0.454 e. The molecule has 8 heteroatoms. The van der Waals surface area contributed by atoms with Gasteiger partial charge in [-0.2, -0.15) is 0 Å². The highest BCUT2D eigenvalue weighted by atomic mass is 32.1. The van der Waals surface area contributed by atoms with E-state index in [1.807, 2.05) is 41.0 Å². The largest absolute Gasteiger partial charge is 0.454 e. The molecule has 0 spiro atoms. The maximum Gasteiger partial charge on any atom is 0.408 e. The number of carbonyl (C=O) groups is 3. The first-order valence-electron chi connectivity index (χ1n) is 13.2. The van der Waals surface area contributed by atoms with Gasteiger partial charge in [-0.25, -0.2) is 9.59 Å². The normalized spacial score (nSPS) is 13.2. The minimum absolute atomic E-state index is 0.0291. The van der Waals surface area contributed by atoms with Gasteiger partial charge in [0.25, 0.3) is 0 Å². The molecule has 1 heterocycles. The third-order valence-corrected chi connectivity index (χ3v) is 7.27. The molecule has 0 saturated heterocycles. The van der Waals surface area contributed by atoms with Crippen molar-refractivity contribution in [3.05, 3.63) is 71.1 Å². The highest BCUT2D eigenvalue weighted by molar-refractivity contribution is 7.17. The van der Waals surface area contributed by atoms with Gasteiger partial charge in [-0.15, -0.1) is 11.3 Å². The molecule has 0 aliphatic heterocycles. The van der Waals surface area contributed by atoms with Crippen molar-refractivity contribution in [3.8, 4) is 0 Å². The van der Waals surface area contributed by atoms with Gasteiger partial charge < -0.3 is 20.1 Å². The van der Waals surface area contributed by atoms with Gasteiger partial charge >= 0.3 is 12.1 Å². The Morgan fingerprint density at radius 3 is 2.37 bits per heavy atom. The maximum absolute atomic E-state index is 13.4. The number of hydrogen-bond donors (Lipinski definition) is 2. The van der Waals surface area contributed by atoms with Gasteiger partial charge in [0.15, 0.2) is 12.1 Å². The SMILES string of the molecule is CCC(CC)[C@H](C[NH2+]CC(=O)c1ccc2sccc2c1)OC(=O)C(NC(=O)OC(C)(C)C)c1ccccc1. The van der Waals surface area contributed by atoms with Crippen LogP contribution in [0.15, 0.2) is 60.0 Å². The van der Waals surface area contributed by atoms with Crippen molar-refractivity contribution in [1.29, 1.82) is 0 Å². The van der Waals surface area contributed by atoms with Crippen molar-refractivity contribution < 1.29 is 29.2 Å². The van der Waals surface area contributed by atoms with Crippen molar-refractivity contribution >= 4 is 39.3 Å². The molecule has 204 valence electrons. The van der Waals surface area contributed by atoms with Crippen molar-refractivity contribution in [2.24, 2.45) is 5.92 Å². The number of nitrogens with two attached hydrogens (primary N) is 1. The Hall–Kier alpha value is -3.23. The molecule has 7 nitrogen and oxygen atoms in total. The molecule has 3 aromatic rings. The zero-order valence-corrected chi connectivity index (χ0v) is 23.7. The molecule has 1 unspecified atom stereocenters. The summed E-state index contributed by atoms with van der Waals surface area (Å²) in [6.07, 6.45) is 0.527. The quantitative estimate of drug-likeness (QED) is 0.242. The second kappa shape index (κ2) is 13.5. The number of fused-ring (bicyclic) bond motifs is 1. The van der Waals surface area contributed by atoms with E-state index in [0.717, 1.165) is 22.9 Å². The second-order valence-electron chi connectivity index (χ2n) is 10.4. The number of quaternary nitrogens is 1. The first kappa shape index (κ1) is 29.3. The molecule has 1 aromatic heterocycles. The van der Waals surface area contributed by atoms with Crippen LogP contribution in [-0.2, 0) is 14.3 Å². The molecule has 1 amide bonds. The molecule has 2 aromatic carbocycles. The monoisotopic (exact) mass is 539 g/mol. The third-order valence-electron chi connectivity index (χ3n) is 6.37. The number of nitrogens with one attached hydrogen (secondary N) is 1. The van der Waals surface area contributed by atoms with Crippen molar-refractivity contribution in [2.45, 2.75) is 65.2 Å². The summed E-state index contributed by atoms with van der Waals surface area (Å²) in [7, 11) is 0. The van der Waals surface area contributed by atoms with E-state index in [9.17, 15) is 14.4 Å². The van der Waals surface area contributed by atoms with Crippen LogP contribution >= 0.6 is 11.3 Å². The summed E-state index contributed by atoms with van der Waals surface area (Å²) in [5.41, 5.74) is 0.575. The van der Waals surface area contributed by atoms with Crippen molar-refractivity contribution in [2.75, 3.05) is 13.1 Å². The van der Waals surface area contributed by atoms with E-state index in [1.54, 1.807) is 56.4 Å². The van der Waals surface area contributed by atoms with Crippen LogP contribution in [0.25, 0.3) is 10.1 Å². The molecule has 0 saturated carbocycles. The lowest BCUT2D eigenvalue weighted by Crippen LogP contribution is -2.88. The van der Waals surface area contributed by atoms with Gasteiger partial charge in [-0.1, -0.05) is 44.2 Å². The number of Topliss-reactive ketones (excluding diaryl/α,β-unsaturated/α-hetero) is 1. The fraction of sp³-hybridized carbons (Fsp3) is 0.433. The van der Waals surface area contributed by atoms with E-state index in [1.165, 1.54) is 0 Å². The molecular weight excluding hydrogens is 500 g/mol. The first-order chi connectivity index (χ1) is 18.1. The van der Waals surface area contributed by atoms with Crippen LogP contribution in [-0.4, -0.2) is 42.6 Å². The summed E-state index contributed by atoms with van der Waals surface area (Å²) >= 11 is 1.65. The molecule has 0 bridgehead atoms. The second-order valence-corrected chi connectivity index (χ2v) is 11.3. The highest BCUT2D eigenvalue weighted by Crippen LogP contribution is 2.23. The summed E-state index contributed by atoms with van der Waals surface area (Å²) < 4.78 is 12.6. The summed E-state index contributed by atoms with van der Waals surface area (Å²) in [5.74, 6) is -0.409. The van der Waals surface area contributed by atoms with Crippen LogP contribution in [0, 0.1) is 5.92 Å². The van der Waals surface area contributed by atoms with Crippen LogP contribution < -0.4 is 10.6 Å². The molecule has 0 aliphatic rings. The Morgan fingerprint density at radius 1 is 1.00 bits per heavy atom. The minimum atomic E-state index is -1.01. The van der Waals surface area contributed by atoms with Crippen molar-refractivity contribution in [1.82, 2.24) is 5.32 Å². The van der Waals surface area contributed by atoms with E-state index >= 15 is 0 Å². The van der Waals surface area contributed by atoms with Gasteiger partial charge in [0, 0.05) is 16.2 Å². The molecule has 3 rings (SSSR count). The summed E-state index contributed by atoms with van der Waals surface area (Å²) in [4.78, 5) is 38.8. The zero-order chi connectivity index (χ0) is 27.7. The first-order valence-corrected chi connectivity index (χ1v) is 14.1. The van der Waals surface area contributed by atoms with E-state index in [0.29, 0.717) is 17.7 Å². The molecule has 2 atom stereocenters. The molecule has 0 radical (unpaired) electrons. The zero-order valence-electron chi connectivity index (χ0n) is 22.9. The number of carbonyl (C=O) groups excluding carboxylic acids is 3. The number of esters is 1. The van der Waals surface area contributed by atoms with Crippen LogP contribution in [0.3, 0.4) is 0 Å². The van der Waals surface area contributed by atoms with Gasteiger partial charge in [-0.3, -0.25) is 4.79 Å². The van der Waals surface area contributed by atoms with E-state index in [2.05, 4.69) is 19.2 Å². The molecule has 0 fully saturated rings. The fourth-order valence-electron chi connectivity index (χ4n) is 4.35. The fourth-order valence-corrected chi connectivity index (χ4v) is 5.13. The number of rotatable bonds is 12. The van der Waals surface area contributed by atoms with Crippen molar-refractivity contribution in [3.63, 3.8) is 0 Å². The summed E-state index contributed by atoms with van der Waals surface area (Å²) in [6, 6.07) is 15.7. The Kier molecular flexibility index (Phi) is 10.4. The number of benzene rings is 2. The number of hydrogen-bond acceptors (Lipinski definition) is 6. The number of thiophene rings is 1. The average molecular weight is 540 g/mol. The van der Waals surface area contributed by atoms with Crippen LogP contribution in [0.4, 0.5) is 4.79 Å². The Labute approximate surface area is 228 Å². The van der Waals surface area contributed by atoms with Gasteiger partial charge in [-0.05, 0) is 74.2 Å². The van der Waals surface area contributed by atoms with Crippen LogP contribution in [0.2, 0.25) is 0 Å². The predicted octanol–water partition coefficient (Wildman–Crippen LogP) is 5.26. The number of alkyl carbamates (subject to hydrolysis) is 1. The molecule has 0 aliphatic carbocycles. The Bertz CT molecular complexity index is 1210. The highest BCUT2D eigenvalue weighted by Gasteiger charge is 2.32. The number of ketones is 1. The lowest BCUT2D eigenvalue weighted by molar-refractivity contribution is -0.650. The summed E-state index contributed by atoms with van der Waals surface area (Å²) in [5, 5.41) is 7.65. The Balaban J connectivity index is 1.69. The Morgan fingerprint density at radius 2 is 1.71 bits per heavy atom. The maximum atomic E-state index is 13.4. The molecular formula is C30H39N2O5S+. The smallest absolute Gasteiger partial charge is 0.408 e. The van der Waals surface area contributed by atoms with E-state index < -0.39 is 29.8 Å². The van der Waals surface area contributed by atoms with E-state index in [-0.39, 0.29) is 18.2 Å². The van der Waals surface area contributed by atoms with Crippen LogP contribution in [0.1, 0.15) is 69.4 Å². The standard InChI is InChI=1S/C30H38N2O5S/c1-6-20(7-2)25(19-31-18-24(33)22-13-14-26-23(17-22)15-16-38-26)36-28(34)27(21-11-9-8-10-12-21)32-29(35)37-30(3,4)5/h8-17,20,25,27,31H,6-7,18-19H2,1-5H3,(H,32,35)/p+1/t25-,27?/m0/s1. The average Bonchev–Trinajstić information content (AvgIpc) is 3.35. The lowest BCUT2D eigenvalue weighted by atomic mass is 9.96. The molecule has 38 heavy (non-hydrogen) atoms. The number of amides is 1. The summed E-state index contributed by atoms with van der Waals surface area (Å²) in [6.45, 7) is 10.1. The van der Waals surface area contributed by atoms with Gasteiger partial charge in [0.05, 0.1) is 0 Å².